The number of alkyl halides is 1. The molecule has 16 heavy (non-hydrogen) atoms. The lowest BCUT2D eigenvalue weighted by Gasteiger charge is -2.13. The van der Waals surface area contributed by atoms with Gasteiger partial charge in [0.1, 0.15) is 12.4 Å². The number of rotatable bonds is 2. The fraction of sp³-hybridized carbons (Fsp3) is 0.286. The summed E-state index contributed by atoms with van der Waals surface area (Å²) in [6, 6.07) is 8.93. The zero-order valence-corrected chi connectivity index (χ0v) is 9.50. The van der Waals surface area contributed by atoms with E-state index < -0.39 is 6.67 Å². The Morgan fingerprint density at radius 2 is 2.00 bits per heavy atom. The molecule has 2 aromatic carbocycles. The maximum absolute atomic E-state index is 12.9. The van der Waals surface area contributed by atoms with Crippen molar-refractivity contribution in [1.82, 2.24) is 0 Å². The van der Waals surface area contributed by atoms with Crippen molar-refractivity contribution in [3.05, 3.63) is 41.5 Å². The number of hydrogen-bond acceptors (Lipinski definition) is 1. The van der Waals surface area contributed by atoms with Gasteiger partial charge in [0.15, 0.2) is 0 Å². The highest BCUT2D eigenvalue weighted by atomic mass is 19.1. The molecule has 0 fully saturated rings. The molecule has 84 valence electrons. The van der Waals surface area contributed by atoms with Gasteiger partial charge in [0.25, 0.3) is 0 Å². The first-order valence-corrected chi connectivity index (χ1v) is 5.44. The second kappa shape index (κ2) is 4.12. The van der Waals surface area contributed by atoms with Crippen molar-refractivity contribution >= 4 is 10.8 Å². The van der Waals surface area contributed by atoms with Crippen molar-refractivity contribution < 1.29 is 9.50 Å². The van der Waals surface area contributed by atoms with Gasteiger partial charge in [-0.3, -0.25) is 0 Å². The lowest BCUT2D eigenvalue weighted by atomic mass is 9.93. The molecule has 0 atom stereocenters. The van der Waals surface area contributed by atoms with Crippen LogP contribution in [0.1, 0.15) is 30.9 Å². The number of aromatic hydroxyl groups is 1. The van der Waals surface area contributed by atoms with Crippen molar-refractivity contribution in [3.63, 3.8) is 0 Å². The molecule has 0 saturated heterocycles. The Balaban J connectivity index is 2.85. The summed E-state index contributed by atoms with van der Waals surface area (Å²) in [5.41, 5.74) is 1.70. The van der Waals surface area contributed by atoms with Crippen LogP contribution >= 0.6 is 0 Å². The normalized spacial score (nSPS) is 11.2. The molecule has 0 unspecified atom stereocenters. The Labute approximate surface area is 94.5 Å². The van der Waals surface area contributed by atoms with E-state index in [9.17, 15) is 9.50 Å². The second-order valence-corrected chi connectivity index (χ2v) is 4.34. The molecule has 0 aliphatic heterocycles. The summed E-state index contributed by atoms with van der Waals surface area (Å²) in [4.78, 5) is 0. The van der Waals surface area contributed by atoms with Gasteiger partial charge in [0, 0.05) is 0 Å². The predicted molar refractivity (Wildman–Crippen MR) is 64.5 cm³/mol. The molecule has 0 spiro atoms. The van der Waals surface area contributed by atoms with Crippen LogP contribution in [0.15, 0.2) is 30.3 Å². The molecule has 2 heteroatoms. The summed E-state index contributed by atoms with van der Waals surface area (Å²) in [5, 5.41) is 11.5. The second-order valence-electron chi connectivity index (χ2n) is 4.34. The van der Waals surface area contributed by atoms with Gasteiger partial charge >= 0.3 is 0 Å². The van der Waals surface area contributed by atoms with Crippen LogP contribution in [0.5, 0.6) is 5.75 Å². The van der Waals surface area contributed by atoms with Gasteiger partial charge in [0.2, 0.25) is 0 Å². The van der Waals surface area contributed by atoms with Crippen LogP contribution in [-0.2, 0) is 6.67 Å². The number of fused-ring (bicyclic) bond motifs is 1. The highest BCUT2D eigenvalue weighted by molar-refractivity contribution is 5.90. The molecule has 0 heterocycles. The minimum absolute atomic E-state index is 0.243. The number of halogens is 1. The maximum atomic E-state index is 12.9. The van der Waals surface area contributed by atoms with Crippen molar-refractivity contribution in [3.8, 4) is 5.75 Å². The largest absolute Gasteiger partial charge is 0.508 e. The van der Waals surface area contributed by atoms with Gasteiger partial charge < -0.3 is 5.11 Å². The summed E-state index contributed by atoms with van der Waals surface area (Å²) in [5.74, 6) is 0.509. The van der Waals surface area contributed by atoms with Crippen molar-refractivity contribution in [2.24, 2.45) is 0 Å². The van der Waals surface area contributed by atoms with E-state index in [0.717, 1.165) is 16.3 Å². The maximum Gasteiger partial charge on any atom is 0.116 e. The van der Waals surface area contributed by atoms with Crippen LogP contribution < -0.4 is 0 Å². The van der Waals surface area contributed by atoms with Crippen molar-refractivity contribution in [2.75, 3.05) is 0 Å². The zero-order valence-electron chi connectivity index (χ0n) is 9.50. The molecule has 1 nitrogen and oxygen atoms in total. The highest BCUT2D eigenvalue weighted by Crippen LogP contribution is 2.32. The average molecular weight is 218 g/mol. The summed E-state index contributed by atoms with van der Waals surface area (Å²) >= 11 is 0. The van der Waals surface area contributed by atoms with Gasteiger partial charge in [-0.25, -0.2) is 4.39 Å². The van der Waals surface area contributed by atoms with Gasteiger partial charge in [-0.2, -0.15) is 0 Å². The van der Waals surface area contributed by atoms with Crippen molar-refractivity contribution in [2.45, 2.75) is 26.4 Å². The molecule has 0 bridgehead atoms. The summed E-state index contributed by atoms with van der Waals surface area (Å²) in [6.45, 7) is 3.62. The first-order valence-electron chi connectivity index (χ1n) is 5.44. The van der Waals surface area contributed by atoms with E-state index in [1.54, 1.807) is 18.2 Å². The van der Waals surface area contributed by atoms with Gasteiger partial charge in [-0.05, 0) is 39.9 Å². The predicted octanol–water partition coefficient (Wildman–Crippen LogP) is 4.14. The van der Waals surface area contributed by atoms with E-state index in [1.165, 1.54) is 0 Å². The highest BCUT2D eigenvalue weighted by Gasteiger charge is 2.10. The Morgan fingerprint density at radius 3 is 2.62 bits per heavy atom. The van der Waals surface area contributed by atoms with Crippen LogP contribution in [0.4, 0.5) is 4.39 Å². The Bertz CT molecular complexity index is 517. The molecule has 0 amide bonds. The third-order valence-electron chi connectivity index (χ3n) is 2.84. The lowest BCUT2D eigenvalue weighted by molar-refractivity contribution is 0.474. The molecular weight excluding hydrogens is 203 g/mol. The monoisotopic (exact) mass is 218 g/mol. The summed E-state index contributed by atoms with van der Waals surface area (Å²) in [7, 11) is 0. The van der Waals surface area contributed by atoms with Crippen LogP contribution in [0, 0.1) is 0 Å². The Kier molecular flexibility index (Phi) is 2.82. The van der Waals surface area contributed by atoms with E-state index in [0.29, 0.717) is 5.56 Å². The number of benzene rings is 2. The third kappa shape index (κ3) is 1.75. The number of phenolic OH excluding ortho intramolecular Hbond substituents is 1. The molecule has 0 aliphatic rings. The summed E-state index contributed by atoms with van der Waals surface area (Å²) < 4.78 is 12.9. The first-order chi connectivity index (χ1) is 7.63. The fourth-order valence-electron chi connectivity index (χ4n) is 2.09. The molecule has 0 aliphatic carbocycles. The van der Waals surface area contributed by atoms with E-state index in [-0.39, 0.29) is 11.7 Å². The average Bonchev–Trinajstić information content (AvgIpc) is 2.26. The molecule has 0 aromatic heterocycles. The van der Waals surface area contributed by atoms with E-state index in [4.69, 9.17) is 0 Å². The van der Waals surface area contributed by atoms with Gasteiger partial charge in [0.05, 0.1) is 0 Å². The quantitative estimate of drug-likeness (QED) is 0.803. The molecule has 2 rings (SSSR count). The third-order valence-corrected chi connectivity index (χ3v) is 2.84. The Hall–Kier alpha value is -1.57. The zero-order chi connectivity index (χ0) is 11.7. The SMILES string of the molecule is CC(C)c1cc(O)cc2cccc(CF)c12. The molecular formula is C14H15FO. The minimum Gasteiger partial charge on any atom is -0.508 e. The molecule has 1 N–H and O–H groups in total. The smallest absolute Gasteiger partial charge is 0.116 e. The van der Waals surface area contributed by atoms with E-state index >= 15 is 0 Å². The number of hydrogen-bond donors (Lipinski definition) is 1. The van der Waals surface area contributed by atoms with Gasteiger partial charge in [-0.15, -0.1) is 0 Å². The van der Waals surface area contributed by atoms with Crippen LogP contribution in [-0.4, -0.2) is 5.11 Å². The molecule has 0 saturated carbocycles. The van der Waals surface area contributed by atoms with Crippen LogP contribution in [0.25, 0.3) is 10.8 Å². The standard InChI is InChI=1S/C14H15FO/c1-9(2)13-7-12(16)6-10-4-3-5-11(8-15)14(10)13/h3-7,9,16H,8H2,1-2H3. The summed E-state index contributed by atoms with van der Waals surface area (Å²) in [6.07, 6.45) is 0. The number of phenols is 1. The Morgan fingerprint density at radius 1 is 1.25 bits per heavy atom. The van der Waals surface area contributed by atoms with E-state index in [1.807, 2.05) is 26.0 Å². The van der Waals surface area contributed by atoms with Gasteiger partial charge in [-0.1, -0.05) is 32.0 Å². The lowest BCUT2D eigenvalue weighted by Crippen LogP contribution is -1.93. The fourth-order valence-corrected chi connectivity index (χ4v) is 2.09. The topological polar surface area (TPSA) is 20.2 Å². The molecule has 0 radical (unpaired) electrons. The van der Waals surface area contributed by atoms with Crippen LogP contribution in [0.2, 0.25) is 0 Å². The first kappa shape index (κ1) is 10.9. The molecule has 2 aromatic rings. The van der Waals surface area contributed by atoms with Crippen molar-refractivity contribution in [1.29, 1.82) is 0 Å². The van der Waals surface area contributed by atoms with Crippen LogP contribution in [0.3, 0.4) is 0 Å². The minimum atomic E-state index is -0.470. The van der Waals surface area contributed by atoms with E-state index in [2.05, 4.69) is 0 Å².